The second-order valence-corrected chi connectivity index (χ2v) is 5.16. The molecule has 0 aromatic heterocycles. The summed E-state index contributed by atoms with van der Waals surface area (Å²) < 4.78 is 4.75. The van der Waals surface area contributed by atoms with Gasteiger partial charge in [0, 0.05) is 5.56 Å². The van der Waals surface area contributed by atoms with Crippen molar-refractivity contribution in [1.29, 1.82) is 0 Å². The van der Waals surface area contributed by atoms with Crippen LogP contribution in [-0.2, 0) is 14.3 Å². The fourth-order valence-corrected chi connectivity index (χ4v) is 2.00. The zero-order chi connectivity index (χ0) is 17.5. The number of esters is 1. The minimum absolute atomic E-state index is 0.336. The highest BCUT2D eigenvalue weighted by molar-refractivity contribution is 5.96. The molecule has 0 aliphatic carbocycles. The zero-order valence-electron chi connectivity index (χ0n) is 13.2. The largest absolute Gasteiger partial charge is 0.451 e. The molecule has 2 aromatic carbocycles. The molecule has 6 nitrogen and oxygen atoms in total. The van der Waals surface area contributed by atoms with Crippen LogP contribution in [0.5, 0.6) is 0 Å². The lowest BCUT2D eigenvalue weighted by Crippen LogP contribution is -2.36. The molecule has 2 aromatic rings. The summed E-state index contributed by atoms with van der Waals surface area (Å²) in [6.07, 6.45) is -1.03. The number of rotatable bonds is 6. The van der Waals surface area contributed by atoms with Gasteiger partial charge in [-0.3, -0.25) is 14.4 Å². The summed E-state index contributed by atoms with van der Waals surface area (Å²) in [7, 11) is 0. The number of carbonyl (C=O) groups is 3. The highest BCUT2D eigenvalue weighted by Crippen LogP contribution is 2.19. The van der Waals surface area contributed by atoms with E-state index in [-0.39, 0.29) is 6.54 Å². The highest BCUT2D eigenvalue weighted by Gasteiger charge is 2.15. The van der Waals surface area contributed by atoms with Crippen molar-refractivity contribution in [3.63, 3.8) is 0 Å². The number of hydrogen-bond donors (Lipinski definition) is 2. The summed E-state index contributed by atoms with van der Waals surface area (Å²) in [6.45, 7) is 1.03. The van der Waals surface area contributed by atoms with Gasteiger partial charge in [-0.2, -0.15) is 0 Å². The molecule has 1 atom stereocenters. The first-order chi connectivity index (χ1) is 11.5. The molecular weight excluding hydrogens is 308 g/mol. The highest BCUT2D eigenvalue weighted by atomic mass is 16.5. The normalized spacial score (nSPS) is 11.4. The van der Waals surface area contributed by atoms with Crippen molar-refractivity contribution in [2.75, 3.05) is 6.54 Å². The molecular formula is C18H18N2O4. The SMILES string of the molecule is CC(OC(=O)CNC(=O)c1ccc(-c2ccccc2)cc1)C(N)=O. The molecule has 0 radical (unpaired) electrons. The van der Waals surface area contributed by atoms with E-state index in [1.807, 2.05) is 42.5 Å². The maximum Gasteiger partial charge on any atom is 0.326 e. The Bertz CT molecular complexity index is 726. The average Bonchev–Trinajstić information content (AvgIpc) is 2.60. The molecule has 0 saturated heterocycles. The number of ether oxygens (including phenoxy) is 1. The first-order valence-corrected chi connectivity index (χ1v) is 7.40. The van der Waals surface area contributed by atoms with Gasteiger partial charge < -0.3 is 15.8 Å². The smallest absolute Gasteiger partial charge is 0.326 e. The second-order valence-electron chi connectivity index (χ2n) is 5.16. The molecule has 2 amide bonds. The Morgan fingerprint density at radius 3 is 2.17 bits per heavy atom. The molecule has 3 N–H and O–H groups in total. The van der Waals surface area contributed by atoms with Crippen molar-refractivity contribution < 1.29 is 19.1 Å². The number of nitrogens with two attached hydrogens (primary N) is 1. The van der Waals surface area contributed by atoms with Gasteiger partial charge in [0.25, 0.3) is 11.8 Å². The van der Waals surface area contributed by atoms with E-state index in [2.05, 4.69) is 5.32 Å². The van der Waals surface area contributed by atoms with Crippen LogP contribution in [0, 0.1) is 0 Å². The first-order valence-electron chi connectivity index (χ1n) is 7.40. The van der Waals surface area contributed by atoms with E-state index >= 15 is 0 Å². The summed E-state index contributed by atoms with van der Waals surface area (Å²) in [5.41, 5.74) is 7.45. The molecule has 0 aliphatic rings. The van der Waals surface area contributed by atoms with Crippen LogP contribution in [0.3, 0.4) is 0 Å². The predicted octanol–water partition coefficient (Wildman–Crippen LogP) is 1.50. The standard InChI is InChI=1S/C18H18N2O4/c1-12(17(19)22)24-16(21)11-20-18(23)15-9-7-14(8-10-15)13-5-3-2-4-6-13/h2-10,12H,11H2,1H3,(H2,19,22)(H,20,23). The molecule has 0 bridgehead atoms. The van der Waals surface area contributed by atoms with Gasteiger partial charge in [0.15, 0.2) is 6.10 Å². The van der Waals surface area contributed by atoms with E-state index in [1.54, 1.807) is 12.1 Å². The van der Waals surface area contributed by atoms with E-state index in [4.69, 9.17) is 10.5 Å². The third kappa shape index (κ3) is 4.67. The van der Waals surface area contributed by atoms with E-state index in [1.165, 1.54) is 6.92 Å². The van der Waals surface area contributed by atoms with Gasteiger partial charge in [-0.05, 0) is 30.2 Å². The fraction of sp³-hybridized carbons (Fsp3) is 0.167. The van der Waals surface area contributed by atoms with E-state index in [0.717, 1.165) is 11.1 Å². The minimum atomic E-state index is -1.03. The number of hydrogen-bond acceptors (Lipinski definition) is 4. The van der Waals surface area contributed by atoms with Gasteiger partial charge in [-0.1, -0.05) is 42.5 Å². The third-order valence-electron chi connectivity index (χ3n) is 3.36. The Balaban J connectivity index is 1.91. The number of nitrogens with one attached hydrogen (secondary N) is 1. The lowest BCUT2D eigenvalue weighted by Gasteiger charge is -2.10. The zero-order valence-corrected chi connectivity index (χ0v) is 13.2. The van der Waals surface area contributed by atoms with Gasteiger partial charge in [0.05, 0.1) is 0 Å². The van der Waals surface area contributed by atoms with Crippen molar-refractivity contribution in [2.24, 2.45) is 5.73 Å². The number of benzene rings is 2. The molecule has 0 fully saturated rings. The van der Waals surface area contributed by atoms with Gasteiger partial charge in [-0.25, -0.2) is 0 Å². The molecule has 0 spiro atoms. The molecule has 1 unspecified atom stereocenters. The van der Waals surface area contributed by atoms with Gasteiger partial charge in [-0.15, -0.1) is 0 Å². The van der Waals surface area contributed by atoms with Gasteiger partial charge in [0.1, 0.15) is 6.54 Å². The summed E-state index contributed by atoms with van der Waals surface area (Å²) in [5, 5.41) is 2.44. The molecule has 124 valence electrons. The van der Waals surface area contributed by atoms with Crippen LogP contribution in [-0.4, -0.2) is 30.4 Å². The van der Waals surface area contributed by atoms with Crippen LogP contribution in [0.15, 0.2) is 54.6 Å². The van der Waals surface area contributed by atoms with Gasteiger partial charge in [0.2, 0.25) is 0 Å². The number of carbonyl (C=O) groups excluding carboxylic acids is 3. The van der Waals surface area contributed by atoms with Crippen LogP contribution in [0.4, 0.5) is 0 Å². The van der Waals surface area contributed by atoms with Gasteiger partial charge >= 0.3 is 5.97 Å². The monoisotopic (exact) mass is 326 g/mol. The lowest BCUT2D eigenvalue weighted by atomic mass is 10.0. The lowest BCUT2D eigenvalue weighted by molar-refractivity contribution is -0.152. The molecule has 2 rings (SSSR count). The summed E-state index contributed by atoms with van der Waals surface area (Å²) in [4.78, 5) is 34.3. The van der Waals surface area contributed by atoms with Crippen LogP contribution in [0.2, 0.25) is 0 Å². The maximum absolute atomic E-state index is 12.0. The Labute approximate surface area is 139 Å². The Kier molecular flexibility index (Phi) is 5.68. The topological polar surface area (TPSA) is 98.5 Å². The van der Waals surface area contributed by atoms with Crippen LogP contribution >= 0.6 is 0 Å². The molecule has 0 heterocycles. The molecule has 24 heavy (non-hydrogen) atoms. The van der Waals surface area contributed by atoms with E-state index < -0.39 is 23.9 Å². The Morgan fingerprint density at radius 2 is 1.58 bits per heavy atom. The van der Waals surface area contributed by atoms with Crippen molar-refractivity contribution in [1.82, 2.24) is 5.32 Å². The molecule has 6 heteroatoms. The van der Waals surface area contributed by atoms with E-state index in [9.17, 15) is 14.4 Å². The van der Waals surface area contributed by atoms with Crippen LogP contribution in [0.25, 0.3) is 11.1 Å². The molecule has 0 saturated carbocycles. The first kappa shape index (κ1) is 17.2. The predicted molar refractivity (Wildman–Crippen MR) is 89.0 cm³/mol. The van der Waals surface area contributed by atoms with Crippen LogP contribution < -0.4 is 11.1 Å². The Morgan fingerprint density at radius 1 is 1.00 bits per heavy atom. The fourth-order valence-electron chi connectivity index (χ4n) is 2.00. The number of primary amides is 1. The number of amides is 2. The third-order valence-corrected chi connectivity index (χ3v) is 3.36. The maximum atomic E-state index is 12.0. The van der Waals surface area contributed by atoms with Crippen molar-refractivity contribution in [3.8, 4) is 11.1 Å². The Hall–Kier alpha value is -3.15. The van der Waals surface area contributed by atoms with Crippen LogP contribution in [0.1, 0.15) is 17.3 Å². The minimum Gasteiger partial charge on any atom is -0.451 e. The average molecular weight is 326 g/mol. The quantitative estimate of drug-likeness (QED) is 0.786. The van der Waals surface area contributed by atoms with Crippen molar-refractivity contribution in [3.05, 3.63) is 60.2 Å². The summed E-state index contributed by atoms with van der Waals surface area (Å²) in [5.74, 6) is -1.87. The second kappa shape index (κ2) is 7.92. The van der Waals surface area contributed by atoms with E-state index in [0.29, 0.717) is 5.56 Å². The van der Waals surface area contributed by atoms with Crippen molar-refractivity contribution >= 4 is 17.8 Å². The summed E-state index contributed by atoms with van der Waals surface area (Å²) in [6, 6.07) is 16.8. The van der Waals surface area contributed by atoms with Crippen molar-refractivity contribution in [2.45, 2.75) is 13.0 Å². The summed E-state index contributed by atoms with van der Waals surface area (Å²) >= 11 is 0. The molecule has 0 aliphatic heterocycles.